The molecule has 0 unspecified atom stereocenters. The fourth-order valence-electron chi connectivity index (χ4n) is 13.1. The third-order valence-electron chi connectivity index (χ3n) is 16.4. The van der Waals surface area contributed by atoms with Crippen molar-refractivity contribution in [3.63, 3.8) is 0 Å². The molecule has 10 N–H and O–H groups in total. The molecule has 13 heteroatoms. The van der Waals surface area contributed by atoms with E-state index in [1.807, 2.05) is 13.8 Å². The van der Waals surface area contributed by atoms with E-state index in [1.165, 1.54) is 0 Å². The van der Waals surface area contributed by atoms with E-state index in [-0.39, 0.29) is 36.5 Å². The number of carbonyl (C=O) groups excluding carboxylic acids is 1. The second kappa shape index (κ2) is 12.3. The Balaban J connectivity index is 1.28. The summed E-state index contributed by atoms with van der Waals surface area (Å²) >= 11 is 0. The Morgan fingerprint density at radius 1 is 0.880 bits per heavy atom. The van der Waals surface area contributed by atoms with Crippen LogP contribution in [0.15, 0.2) is 0 Å². The third kappa shape index (κ3) is 4.94. The van der Waals surface area contributed by atoms with E-state index in [2.05, 4.69) is 13.8 Å². The van der Waals surface area contributed by atoms with Crippen molar-refractivity contribution >= 4 is 5.97 Å². The van der Waals surface area contributed by atoms with Crippen molar-refractivity contribution in [3.05, 3.63) is 0 Å². The van der Waals surface area contributed by atoms with Gasteiger partial charge in [-0.05, 0) is 99.2 Å². The Kier molecular flexibility index (Phi) is 9.51. The van der Waals surface area contributed by atoms with Gasteiger partial charge in [0.25, 0.3) is 0 Å². The molecular formula is C37H62O13. The minimum Gasteiger partial charge on any atom is -0.432 e. The first kappa shape index (κ1) is 38.7. The van der Waals surface area contributed by atoms with Crippen molar-refractivity contribution in [1.82, 2.24) is 0 Å². The first-order chi connectivity index (χ1) is 23.1. The summed E-state index contributed by atoms with van der Waals surface area (Å²) in [5, 5.41) is 109. The second-order valence-corrected chi connectivity index (χ2v) is 18.6. The average molecular weight is 715 g/mol. The lowest BCUT2D eigenvalue weighted by Crippen LogP contribution is -2.65. The fraction of sp³-hybridized carbons (Fsp3) is 0.973. The van der Waals surface area contributed by atoms with Crippen LogP contribution >= 0.6 is 0 Å². The highest BCUT2D eigenvalue weighted by Crippen LogP contribution is 2.89. The molecule has 1 saturated heterocycles. The summed E-state index contributed by atoms with van der Waals surface area (Å²) in [4.78, 5) is 14.1. The largest absolute Gasteiger partial charge is 0.432 e. The molecule has 2 spiro atoms. The summed E-state index contributed by atoms with van der Waals surface area (Å²) in [6.45, 7) is 10.2. The van der Waals surface area contributed by atoms with Crippen LogP contribution in [-0.4, -0.2) is 130 Å². The Labute approximate surface area is 294 Å². The van der Waals surface area contributed by atoms with Crippen LogP contribution in [0.4, 0.5) is 0 Å². The van der Waals surface area contributed by atoms with Gasteiger partial charge in [0.2, 0.25) is 6.29 Å². The normalized spacial score (nSPS) is 53.7. The van der Waals surface area contributed by atoms with Crippen LogP contribution < -0.4 is 0 Å². The van der Waals surface area contributed by atoms with Crippen molar-refractivity contribution in [2.75, 3.05) is 13.2 Å². The number of ether oxygens (including phenoxy) is 2. The highest BCUT2D eigenvalue weighted by atomic mass is 16.7. The number of rotatable bonds is 9. The van der Waals surface area contributed by atoms with Crippen LogP contribution in [-0.2, 0) is 14.3 Å². The van der Waals surface area contributed by atoms with Crippen molar-refractivity contribution in [1.29, 1.82) is 0 Å². The summed E-state index contributed by atoms with van der Waals surface area (Å²) in [5.41, 5.74) is -6.24. The Morgan fingerprint density at radius 3 is 2.12 bits per heavy atom. The molecule has 0 amide bonds. The van der Waals surface area contributed by atoms with Crippen LogP contribution in [0.3, 0.4) is 0 Å². The monoisotopic (exact) mass is 714 g/mol. The number of carbonyl (C=O) groups is 1. The van der Waals surface area contributed by atoms with E-state index < -0.39 is 113 Å². The number of fused-ring (bicyclic) bond motifs is 2. The number of esters is 1. The smallest absolute Gasteiger partial charge is 0.317 e. The summed E-state index contributed by atoms with van der Waals surface area (Å²) < 4.78 is 11.1. The number of aliphatic hydroxyl groups excluding tert-OH is 8. The molecule has 0 aromatic rings. The highest BCUT2D eigenvalue weighted by Gasteiger charge is 2.86. The molecule has 50 heavy (non-hydrogen) atoms. The Bertz CT molecular complexity index is 1310. The predicted molar refractivity (Wildman–Crippen MR) is 177 cm³/mol. The zero-order valence-corrected chi connectivity index (χ0v) is 30.4. The summed E-state index contributed by atoms with van der Waals surface area (Å²) in [6.07, 6.45) is -7.26. The van der Waals surface area contributed by atoms with Crippen LogP contribution in [0.5, 0.6) is 0 Å². The van der Waals surface area contributed by atoms with Gasteiger partial charge in [0, 0.05) is 17.8 Å². The van der Waals surface area contributed by atoms with Crippen LogP contribution in [0, 0.1) is 50.7 Å². The first-order valence-corrected chi connectivity index (χ1v) is 18.7. The van der Waals surface area contributed by atoms with Gasteiger partial charge >= 0.3 is 5.97 Å². The highest BCUT2D eigenvalue weighted by molar-refractivity contribution is 5.78. The SMILES string of the molecule is CC(C)[C@](O)(CO)CC[C@](C)(O)[C@H]1[C@@H](O)C[C@@]2(C)[C@@H]3CC[C@H]4[C@](C)(C(=O)O[C@@H]5O[C@H](CO)[C@@H](O)[C@H](O)[C@H]5O)[C@@H](O)C[C@H](O)[C@@]45C[C@@]35CC[C@]12C. The summed E-state index contributed by atoms with van der Waals surface area (Å²) in [7, 11) is 0. The lowest BCUT2D eigenvalue weighted by Gasteiger charge is -2.64. The van der Waals surface area contributed by atoms with E-state index in [9.17, 15) is 55.9 Å². The van der Waals surface area contributed by atoms with Gasteiger partial charge in [0.05, 0.1) is 48.1 Å². The van der Waals surface area contributed by atoms with Gasteiger partial charge in [-0.25, -0.2) is 0 Å². The second-order valence-electron chi connectivity index (χ2n) is 18.6. The number of hydrogen-bond acceptors (Lipinski definition) is 13. The lowest BCUT2D eigenvalue weighted by atomic mass is 9.41. The van der Waals surface area contributed by atoms with Crippen LogP contribution in [0.2, 0.25) is 0 Å². The lowest BCUT2D eigenvalue weighted by molar-refractivity contribution is -0.300. The van der Waals surface area contributed by atoms with E-state index in [4.69, 9.17) is 9.47 Å². The zero-order valence-electron chi connectivity index (χ0n) is 30.4. The molecule has 0 bridgehead atoms. The summed E-state index contributed by atoms with van der Waals surface area (Å²) in [5.74, 6) is -2.03. The average Bonchev–Trinajstić information content (AvgIpc) is 3.69. The maximum absolute atomic E-state index is 14.1. The van der Waals surface area contributed by atoms with Gasteiger partial charge in [0.1, 0.15) is 24.4 Å². The van der Waals surface area contributed by atoms with E-state index in [0.717, 1.165) is 0 Å². The molecule has 6 fully saturated rings. The van der Waals surface area contributed by atoms with E-state index in [0.29, 0.717) is 38.5 Å². The molecule has 5 aliphatic carbocycles. The minimum absolute atomic E-state index is 0.0427. The molecule has 0 aromatic heterocycles. The maximum atomic E-state index is 14.1. The molecule has 18 atom stereocenters. The number of aliphatic hydroxyl groups is 10. The van der Waals surface area contributed by atoms with Crippen molar-refractivity contribution in [2.45, 2.75) is 160 Å². The minimum atomic E-state index is -1.79. The summed E-state index contributed by atoms with van der Waals surface area (Å²) in [6, 6.07) is 0. The molecular weight excluding hydrogens is 652 g/mol. The molecule has 6 rings (SSSR count). The van der Waals surface area contributed by atoms with Gasteiger partial charge in [-0.1, -0.05) is 27.7 Å². The first-order valence-electron chi connectivity index (χ1n) is 18.7. The van der Waals surface area contributed by atoms with Crippen molar-refractivity contribution in [3.8, 4) is 0 Å². The van der Waals surface area contributed by atoms with Crippen molar-refractivity contribution in [2.24, 2.45) is 50.7 Å². The molecule has 5 saturated carbocycles. The topological polar surface area (TPSA) is 238 Å². The van der Waals surface area contributed by atoms with Crippen LogP contribution in [0.1, 0.15) is 99.3 Å². The molecule has 1 heterocycles. The molecule has 13 nitrogen and oxygen atoms in total. The standard InChI is InChI=1S/C37H62O13/c1-18(2)36(48,17-39)12-10-33(5,47)28-19(40)14-32(4)21-7-8-22-34(6,30(46)50-29-27(45)26(44)25(43)20(15-38)49-29)23(41)13-24(42)37(22)16-35(21,37)11-9-31(28,32)3/h18-29,38-45,47-48H,7-17H2,1-6H3/t19-,20+,21-,22-,23-,24-,25+,26-,27+,28-,29-,31+,32-,33-,34-,35-,36+,37+/m0/s1. The van der Waals surface area contributed by atoms with Gasteiger partial charge < -0.3 is 60.5 Å². The van der Waals surface area contributed by atoms with Gasteiger partial charge in [-0.15, -0.1) is 0 Å². The van der Waals surface area contributed by atoms with E-state index >= 15 is 0 Å². The maximum Gasteiger partial charge on any atom is 0.317 e. The van der Waals surface area contributed by atoms with Crippen LogP contribution in [0.25, 0.3) is 0 Å². The molecule has 6 aliphatic rings. The van der Waals surface area contributed by atoms with Gasteiger partial charge in [-0.2, -0.15) is 0 Å². The fourth-order valence-corrected chi connectivity index (χ4v) is 13.1. The predicted octanol–water partition coefficient (Wildman–Crippen LogP) is -0.0382. The number of hydrogen-bond donors (Lipinski definition) is 10. The molecule has 288 valence electrons. The third-order valence-corrected chi connectivity index (χ3v) is 16.4. The van der Waals surface area contributed by atoms with Crippen molar-refractivity contribution < 1.29 is 65.3 Å². The zero-order chi connectivity index (χ0) is 37.2. The molecule has 0 radical (unpaired) electrons. The van der Waals surface area contributed by atoms with E-state index in [1.54, 1.807) is 13.8 Å². The Hall–Kier alpha value is -0.970. The Morgan fingerprint density at radius 2 is 1.52 bits per heavy atom. The molecule has 0 aromatic carbocycles. The van der Waals surface area contributed by atoms with Gasteiger partial charge in [-0.3, -0.25) is 4.79 Å². The van der Waals surface area contributed by atoms with Gasteiger partial charge in [0.15, 0.2) is 0 Å². The quantitative estimate of drug-likeness (QED) is 0.141. The molecule has 1 aliphatic heterocycles.